The van der Waals surface area contributed by atoms with Gasteiger partial charge in [-0.25, -0.2) is 0 Å². The van der Waals surface area contributed by atoms with Gasteiger partial charge >= 0.3 is 8.80 Å². The third-order valence-electron chi connectivity index (χ3n) is 3.19. The van der Waals surface area contributed by atoms with E-state index >= 15 is 0 Å². The Balaban J connectivity index is 2.34. The number of amidine groups is 1. The monoisotopic (exact) mass is 260 g/mol. The average molecular weight is 260 g/mol. The minimum absolute atomic E-state index is 0.851. The lowest BCUT2D eigenvalue weighted by molar-refractivity contribution is 0.122. The first-order valence-electron chi connectivity index (χ1n) is 6.15. The van der Waals surface area contributed by atoms with Crippen molar-refractivity contribution in [2.24, 2.45) is 4.99 Å². The molecule has 0 bridgehead atoms. The summed E-state index contributed by atoms with van der Waals surface area (Å²) in [4.78, 5) is 6.82. The van der Waals surface area contributed by atoms with Crippen LogP contribution in [0.15, 0.2) is 4.99 Å². The molecule has 0 aliphatic carbocycles. The zero-order valence-electron chi connectivity index (χ0n) is 11.4. The summed E-state index contributed by atoms with van der Waals surface area (Å²) >= 11 is 0. The molecule has 0 aromatic heterocycles. The van der Waals surface area contributed by atoms with Gasteiger partial charge in [0.2, 0.25) is 0 Å². The van der Waals surface area contributed by atoms with Crippen molar-refractivity contribution in [3.05, 3.63) is 0 Å². The average Bonchev–Trinajstić information content (AvgIpc) is 2.83. The zero-order chi connectivity index (χ0) is 12.7. The molecule has 1 heterocycles. The normalized spacial score (nSPS) is 16.5. The van der Waals surface area contributed by atoms with Crippen LogP contribution in [0.5, 0.6) is 0 Å². The van der Waals surface area contributed by atoms with Gasteiger partial charge in [0.1, 0.15) is 0 Å². The fraction of sp³-hybridized carbons (Fsp3) is 0.909. The van der Waals surface area contributed by atoms with E-state index in [1.807, 2.05) is 0 Å². The van der Waals surface area contributed by atoms with Crippen molar-refractivity contribution in [1.29, 1.82) is 0 Å². The van der Waals surface area contributed by atoms with Crippen LogP contribution in [-0.2, 0) is 13.3 Å². The molecule has 0 saturated carbocycles. The Bertz CT molecular complexity index is 249. The molecule has 0 atom stereocenters. The first-order valence-corrected chi connectivity index (χ1v) is 8.08. The van der Waals surface area contributed by atoms with Crippen LogP contribution < -0.4 is 0 Å². The van der Waals surface area contributed by atoms with E-state index in [1.165, 1.54) is 5.84 Å². The summed E-state index contributed by atoms with van der Waals surface area (Å²) in [6, 6.07) is 0.851. The summed E-state index contributed by atoms with van der Waals surface area (Å²) in [5, 5.41) is 0. The van der Waals surface area contributed by atoms with Gasteiger partial charge in [0.05, 0.1) is 12.4 Å². The minimum atomic E-state index is -2.39. The summed E-state index contributed by atoms with van der Waals surface area (Å²) in [7, 11) is 2.59. The van der Waals surface area contributed by atoms with Gasteiger partial charge in [0, 0.05) is 46.9 Å². The molecule has 6 heteroatoms. The minimum Gasteiger partial charge on any atom is -0.377 e. The third-order valence-corrected chi connectivity index (χ3v) is 6.02. The van der Waals surface area contributed by atoms with E-state index in [0.29, 0.717) is 0 Å². The third kappa shape index (κ3) is 3.77. The summed E-state index contributed by atoms with van der Waals surface area (Å²) in [5.41, 5.74) is 0. The topological polar surface area (TPSA) is 43.3 Å². The van der Waals surface area contributed by atoms with Crippen molar-refractivity contribution in [1.82, 2.24) is 4.90 Å². The van der Waals surface area contributed by atoms with Gasteiger partial charge < -0.3 is 18.2 Å². The zero-order valence-corrected chi connectivity index (χ0v) is 12.4. The Morgan fingerprint density at radius 3 is 2.41 bits per heavy atom. The van der Waals surface area contributed by atoms with E-state index in [-0.39, 0.29) is 0 Å². The van der Waals surface area contributed by atoms with Crippen molar-refractivity contribution < 1.29 is 13.3 Å². The maximum atomic E-state index is 5.40. The van der Waals surface area contributed by atoms with Crippen LogP contribution in [0.25, 0.3) is 0 Å². The fourth-order valence-corrected chi connectivity index (χ4v) is 3.85. The number of hydrogen-bond donors (Lipinski definition) is 0. The second kappa shape index (κ2) is 7.10. The van der Waals surface area contributed by atoms with Crippen LogP contribution >= 0.6 is 0 Å². The molecule has 1 aliphatic rings. The maximum Gasteiger partial charge on any atom is 0.500 e. The lowest BCUT2D eigenvalue weighted by atomic mass is 10.3. The van der Waals surface area contributed by atoms with E-state index in [1.54, 1.807) is 21.3 Å². The lowest BCUT2D eigenvalue weighted by Gasteiger charge is -2.26. The Hall–Kier alpha value is -0.433. The van der Waals surface area contributed by atoms with Gasteiger partial charge in [-0.3, -0.25) is 4.99 Å². The van der Waals surface area contributed by atoms with Gasteiger partial charge in [-0.1, -0.05) is 6.92 Å². The second-order valence-corrected chi connectivity index (χ2v) is 7.13. The van der Waals surface area contributed by atoms with Crippen LogP contribution in [0, 0.1) is 0 Å². The molecule has 100 valence electrons. The molecule has 0 spiro atoms. The molecule has 0 aromatic rings. The van der Waals surface area contributed by atoms with Crippen molar-refractivity contribution in [3.63, 3.8) is 0 Å². The quantitative estimate of drug-likeness (QED) is 0.618. The molecule has 0 unspecified atom stereocenters. The SMILES string of the molecule is CCC1=NCCN1CCC[Si](OC)(OC)OC. The first kappa shape index (κ1) is 14.6. The Kier molecular flexibility index (Phi) is 6.11. The van der Waals surface area contributed by atoms with Gasteiger partial charge in [0.15, 0.2) is 0 Å². The molecular weight excluding hydrogens is 236 g/mol. The van der Waals surface area contributed by atoms with Crippen LogP contribution in [0.2, 0.25) is 6.04 Å². The van der Waals surface area contributed by atoms with Crippen molar-refractivity contribution in [2.75, 3.05) is 41.0 Å². The van der Waals surface area contributed by atoms with Crippen molar-refractivity contribution in [2.45, 2.75) is 25.8 Å². The number of hydrogen-bond acceptors (Lipinski definition) is 5. The molecular formula is C11H24N2O3Si. The van der Waals surface area contributed by atoms with Crippen LogP contribution in [0.4, 0.5) is 0 Å². The highest BCUT2D eigenvalue weighted by Gasteiger charge is 2.37. The molecule has 0 N–H and O–H groups in total. The van der Waals surface area contributed by atoms with E-state index in [2.05, 4.69) is 16.8 Å². The standard InChI is InChI=1S/C11H24N2O3Si/c1-5-11-12-7-9-13(11)8-6-10-17(14-2,15-3)16-4/h5-10H2,1-4H3. The highest BCUT2D eigenvalue weighted by Crippen LogP contribution is 2.16. The van der Waals surface area contributed by atoms with Crippen LogP contribution in [-0.4, -0.2) is 60.5 Å². The second-order valence-electron chi connectivity index (χ2n) is 4.04. The van der Waals surface area contributed by atoms with E-state index in [9.17, 15) is 0 Å². The van der Waals surface area contributed by atoms with E-state index < -0.39 is 8.80 Å². The van der Waals surface area contributed by atoms with E-state index in [4.69, 9.17) is 13.3 Å². The predicted molar refractivity (Wildman–Crippen MR) is 70.4 cm³/mol. The molecule has 1 rings (SSSR count). The molecule has 1 aliphatic heterocycles. The summed E-state index contributed by atoms with van der Waals surface area (Å²) in [6.07, 6.45) is 2.03. The fourth-order valence-electron chi connectivity index (χ4n) is 2.15. The molecule has 5 nitrogen and oxygen atoms in total. The van der Waals surface area contributed by atoms with Gasteiger partial charge in [-0.05, 0) is 6.42 Å². The molecule has 0 radical (unpaired) electrons. The van der Waals surface area contributed by atoms with Gasteiger partial charge in [-0.2, -0.15) is 0 Å². The number of nitrogens with zero attached hydrogens (tertiary/aromatic N) is 2. The highest BCUT2D eigenvalue weighted by atomic mass is 28.4. The summed E-state index contributed by atoms with van der Waals surface area (Å²) < 4.78 is 16.2. The first-order chi connectivity index (χ1) is 8.21. The number of aliphatic imine (C=N–C) groups is 1. The highest BCUT2D eigenvalue weighted by molar-refractivity contribution is 6.60. The van der Waals surface area contributed by atoms with Crippen molar-refractivity contribution in [3.8, 4) is 0 Å². The van der Waals surface area contributed by atoms with E-state index in [0.717, 1.165) is 38.5 Å². The summed E-state index contributed by atoms with van der Waals surface area (Å²) in [6.45, 7) is 5.14. The molecule has 0 saturated heterocycles. The summed E-state index contributed by atoms with van der Waals surface area (Å²) in [5.74, 6) is 1.23. The predicted octanol–water partition coefficient (Wildman–Crippen LogP) is 1.38. The lowest BCUT2D eigenvalue weighted by Crippen LogP contribution is -2.43. The van der Waals surface area contributed by atoms with Crippen LogP contribution in [0.1, 0.15) is 19.8 Å². The number of rotatable bonds is 8. The van der Waals surface area contributed by atoms with Gasteiger partial charge in [-0.15, -0.1) is 0 Å². The maximum absolute atomic E-state index is 5.40. The Morgan fingerprint density at radius 1 is 1.24 bits per heavy atom. The smallest absolute Gasteiger partial charge is 0.377 e. The molecule has 0 fully saturated rings. The molecule has 17 heavy (non-hydrogen) atoms. The Labute approximate surface area is 105 Å². The van der Waals surface area contributed by atoms with Crippen molar-refractivity contribution >= 4 is 14.6 Å². The van der Waals surface area contributed by atoms with Crippen LogP contribution in [0.3, 0.4) is 0 Å². The largest absolute Gasteiger partial charge is 0.500 e. The molecule has 0 aromatic carbocycles. The van der Waals surface area contributed by atoms with Gasteiger partial charge in [0.25, 0.3) is 0 Å². The Morgan fingerprint density at radius 2 is 1.88 bits per heavy atom. The molecule has 0 amide bonds.